The molecule has 0 radical (unpaired) electrons. The van der Waals surface area contributed by atoms with Gasteiger partial charge in [0.15, 0.2) is 0 Å². The first-order valence-electron chi connectivity index (χ1n) is 7.21. The highest BCUT2D eigenvalue weighted by molar-refractivity contribution is 5.95. The molecule has 2 rings (SSSR count). The molecule has 0 aromatic heterocycles. The largest absolute Gasteiger partial charge is 0.351 e. The fraction of sp³-hybridized carbons (Fsp3) is 0.562. The number of hydrogen-bond acceptors (Lipinski definition) is 2. The Morgan fingerprint density at radius 3 is 2.58 bits per heavy atom. The van der Waals surface area contributed by atoms with Crippen molar-refractivity contribution >= 4 is 5.91 Å². The van der Waals surface area contributed by atoms with Crippen molar-refractivity contribution in [1.82, 2.24) is 5.32 Å². The normalized spacial score (nSPS) is 18.0. The predicted molar refractivity (Wildman–Crippen MR) is 78.1 cm³/mol. The van der Waals surface area contributed by atoms with Gasteiger partial charge in [-0.25, -0.2) is 0 Å². The van der Waals surface area contributed by atoms with Crippen LogP contribution in [-0.2, 0) is 0 Å². The van der Waals surface area contributed by atoms with Crippen LogP contribution in [0.15, 0.2) is 24.3 Å². The van der Waals surface area contributed by atoms with Crippen LogP contribution in [0.4, 0.5) is 0 Å². The minimum Gasteiger partial charge on any atom is -0.351 e. The Hall–Kier alpha value is -1.35. The van der Waals surface area contributed by atoms with Crippen molar-refractivity contribution in [3.8, 4) is 0 Å². The van der Waals surface area contributed by atoms with E-state index in [1.54, 1.807) is 0 Å². The molecule has 3 N–H and O–H groups in total. The van der Waals surface area contributed by atoms with Gasteiger partial charge in [0.05, 0.1) is 0 Å². The second-order valence-electron chi connectivity index (χ2n) is 5.76. The zero-order valence-electron chi connectivity index (χ0n) is 11.7. The molecule has 3 heteroatoms. The SMILES string of the molecule is Cc1ccccc1C(=O)NCC1(CN)CCCCC1. The van der Waals surface area contributed by atoms with E-state index >= 15 is 0 Å². The monoisotopic (exact) mass is 260 g/mol. The molecule has 104 valence electrons. The predicted octanol–water partition coefficient (Wildman–Crippen LogP) is 2.63. The third-order valence-corrected chi connectivity index (χ3v) is 4.36. The lowest BCUT2D eigenvalue weighted by atomic mass is 9.74. The minimum atomic E-state index is 0.0245. The van der Waals surface area contributed by atoms with Crippen LogP contribution in [-0.4, -0.2) is 19.0 Å². The summed E-state index contributed by atoms with van der Waals surface area (Å²) in [7, 11) is 0. The molecular weight excluding hydrogens is 236 g/mol. The standard InChI is InChI=1S/C16H24N2O/c1-13-7-3-4-8-14(13)15(19)18-12-16(11-17)9-5-2-6-10-16/h3-4,7-8H,2,5-6,9-12,17H2,1H3,(H,18,19). The van der Waals surface area contributed by atoms with E-state index in [1.165, 1.54) is 19.3 Å². The summed E-state index contributed by atoms with van der Waals surface area (Å²) in [5.41, 5.74) is 7.85. The first-order chi connectivity index (χ1) is 9.17. The second kappa shape index (κ2) is 6.20. The smallest absolute Gasteiger partial charge is 0.251 e. The van der Waals surface area contributed by atoms with Gasteiger partial charge < -0.3 is 11.1 Å². The maximum absolute atomic E-state index is 12.2. The molecule has 1 aliphatic carbocycles. The average Bonchev–Trinajstić information content (AvgIpc) is 2.46. The Morgan fingerprint density at radius 1 is 1.26 bits per heavy atom. The topological polar surface area (TPSA) is 55.1 Å². The minimum absolute atomic E-state index is 0.0245. The number of rotatable bonds is 4. The average molecular weight is 260 g/mol. The van der Waals surface area contributed by atoms with E-state index in [9.17, 15) is 4.79 Å². The Morgan fingerprint density at radius 2 is 1.95 bits per heavy atom. The van der Waals surface area contributed by atoms with Crippen LogP contribution in [0.3, 0.4) is 0 Å². The van der Waals surface area contributed by atoms with Gasteiger partial charge in [-0.05, 0) is 43.4 Å². The highest BCUT2D eigenvalue weighted by Gasteiger charge is 2.31. The number of benzene rings is 1. The van der Waals surface area contributed by atoms with Crippen LogP contribution in [0.1, 0.15) is 48.0 Å². The molecule has 3 nitrogen and oxygen atoms in total. The molecule has 0 heterocycles. The number of amides is 1. The number of carbonyl (C=O) groups excluding carboxylic acids is 1. The van der Waals surface area contributed by atoms with E-state index in [0.717, 1.165) is 24.0 Å². The summed E-state index contributed by atoms with van der Waals surface area (Å²) < 4.78 is 0. The Balaban J connectivity index is 1.98. The third kappa shape index (κ3) is 3.35. The van der Waals surface area contributed by atoms with Crippen LogP contribution in [0.25, 0.3) is 0 Å². The molecule has 1 fully saturated rings. The molecule has 1 aromatic carbocycles. The number of nitrogens with one attached hydrogen (secondary N) is 1. The van der Waals surface area contributed by atoms with E-state index in [1.807, 2.05) is 31.2 Å². The van der Waals surface area contributed by atoms with Crippen LogP contribution < -0.4 is 11.1 Å². The Labute approximate surface area is 115 Å². The summed E-state index contributed by atoms with van der Waals surface area (Å²) in [6, 6.07) is 7.70. The zero-order chi connectivity index (χ0) is 13.7. The molecule has 1 amide bonds. The molecule has 1 aromatic rings. The molecule has 0 bridgehead atoms. The van der Waals surface area contributed by atoms with Gasteiger partial charge in [0, 0.05) is 12.1 Å². The molecule has 0 aliphatic heterocycles. The Kier molecular flexibility index (Phi) is 4.59. The Bertz CT molecular complexity index is 436. The summed E-state index contributed by atoms with van der Waals surface area (Å²) in [6.07, 6.45) is 6.04. The lowest BCUT2D eigenvalue weighted by Crippen LogP contribution is -2.43. The fourth-order valence-electron chi connectivity index (χ4n) is 2.95. The molecule has 1 aliphatic rings. The van der Waals surface area contributed by atoms with Crippen molar-refractivity contribution in [2.45, 2.75) is 39.0 Å². The second-order valence-corrected chi connectivity index (χ2v) is 5.76. The van der Waals surface area contributed by atoms with E-state index in [2.05, 4.69) is 5.32 Å². The van der Waals surface area contributed by atoms with Crippen molar-refractivity contribution in [1.29, 1.82) is 0 Å². The van der Waals surface area contributed by atoms with Gasteiger partial charge in [0.2, 0.25) is 0 Å². The highest BCUT2D eigenvalue weighted by atomic mass is 16.1. The lowest BCUT2D eigenvalue weighted by Gasteiger charge is -2.36. The molecule has 1 saturated carbocycles. The van der Waals surface area contributed by atoms with Gasteiger partial charge >= 0.3 is 0 Å². The lowest BCUT2D eigenvalue weighted by molar-refractivity contribution is 0.0913. The summed E-state index contributed by atoms with van der Waals surface area (Å²) in [5, 5.41) is 3.08. The van der Waals surface area contributed by atoms with Crippen LogP contribution in [0, 0.1) is 12.3 Å². The molecule has 0 saturated heterocycles. The van der Waals surface area contributed by atoms with E-state index < -0.39 is 0 Å². The number of carbonyl (C=O) groups is 1. The van der Waals surface area contributed by atoms with Crippen LogP contribution in [0.5, 0.6) is 0 Å². The van der Waals surface area contributed by atoms with Gasteiger partial charge in [-0.2, -0.15) is 0 Å². The van der Waals surface area contributed by atoms with E-state index in [-0.39, 0.29) is 11.3 Å². The van der Waals surface area contributed by atoms with Crippen molar-refractivity contribution in [3.63, 3.8) is 0 Å². The summed E-state index contributed by atoms with van der Waals surface area (Å²) in [6.45, 7) is 3.34. The maximum atomic E-state index is 12.2. The summed E-state index contributed by atoms with van der Waals surface area (Å²) in [4.78, 5) is 12.2. The molecule has 19 heavy (non-hydrogen) atoms. The maximum Gasteiger partial charge on any atom is 0.251 e. The molecule has 0 atom stereocenters. The van der Waals surface area contributed by atoms with E-state index in [0.29, 0.717) is 13.1 Å². The highest BCUT2D eigenvalue weighted by Crippen LogP contribution is 2.34. The van der Waals surface area contributed by atoms with Crippen molar-refractivity contribution in [3.05, 3.63) is 35.4 Å². The van der Waals surface area contributed by atoms with Gasteiger partial charge in [0.25, 0.3) is 5.91 Å². The first kappa shape index (κ1) is 14.1. The van der Waals surface area contributed by atoms with Crippen LogP contribution >= 0.6 is 0 Å². The number of aryl methyl sites for hydroxylation is 1. The van der Waals surface area contributed by atoms with Gasteiger partial charge in [-0.1, -0.05) is 37.5 Å². The third-order valence-electron chi connectivity index (χ3n) is 4.36. The first-order valence-corrected chi connectivity index (χ1v) is 7.21. The molecule has 0 spiro atoms. The quantitative estimate of drug-likeness (QED) is 0.874. The molecule has 0 unspecified atom stereocenters. The summed E-state index contributed by atoms with van der Waals surface area (Å²) in [5.74, 6) is 0.0245. The fourth-order valence-corrected chi connectivity index (χ4v) is 2.95. The van der Waals surface area contributed by atoms with Crippen molar-refractivity contribution < 1.29 is 4.79 Å². The molecular formula is C16H24N2O. The van der Waals surface area contributed by atoms with Crippen molar-refractivity contribution in [2.24, 2.45) is 11.1 Å². The van der Waals surface area contributed by atoms with Crippen molar-refractivity contribution in [2.75, 3.05) is 13.1 Å². The number of nitrogens with two attached hydrogens (primary N) is 1. The van der Waals surface area contributed by atoms with Gasteiger partial charge in [-0.3, -0.25) is 4.79 Å². The van der Waals surface area contributed by atoms with Gasteiger partial charge in [0.1, 0.15) is 0 Å². The van der Waals surface area contributed by atoms with Crippen LogP contribution in [0.2, 0.25) is 0 Å². The van der Waals surface area contributed by atoms with E-state index in [4.69, 9.17) is 5.73 Å². The zero-order valence-corrected chi connectivity index (χ0v) is 11.7. The number of hydrogen-bond donors (Lipinski definition) is 2. The summed E-state index contributed by atoms with van der Waals surface area (Å²) >= 11 is 0. The van der Waals surface area contributed by atoms with Gasteiger partial charge in [-0.15, -0.1) is 0 Å².